The maximum atomic E-state index is 15.6. The van der Waals surface area contributed by atoms with E-state index in [1.54, 1.807) is 12.1 Å². The molecule has 0 saturated carbocycles. The van der Waals surface area contributed by atoms with Gasteiger partial charge in [0.15, 0.2) is 11.6 Å². The Kier molecular flexibility index (Phi) is 16.6. The van der Waals surface area contributed by atoms with Gasteiger partial charge in [0.25, 0.3) is 5.56 Å². The predicted octanol–water partition coefficient (Wildman–Crippen LogP) is 6.05. The zero-order valence-electron chi connectivity index (χ0n) is 29.6. The Balaban J connectivity index is 0.00000124. The lowest BCUT2D eigenvalue weighted by Crippen LogP contribution is -2.43. The van der Waals surface area contributed by atoms with E-state index < -0.39 is 33.7 Å². The molecular formula is C37H50F2N4O4S. The Morgan fingerprint density at radius 1 is 0.958 bits per heavy atom. The van der Waals surface area contributed by atoms with Crippen LogP contribution in [0.4, 0.5) is 8.78 Å². The second-order valence-corrected chi connectivity index (χ2v) is 12.5. The molecule has 262 valence electrons. The maximum Gasteiger partial charge on any atom is 0.331 e. The number of nitrogens with one attached hydrogen (secondary N) is 1. The van der Waals surface area contributed by atoms with Gasteiger partial charge in [-0.3, -0.25) is 18.1 Å². The average molecular weight is 685 g/mol. The number of ether oxygens (including phenoxy) is 1. The monoisotopic (exact) mass is 684 g/mol. The van der Waals surface area contributed by atoms with Crippen LogP contribution in [-0.2, 0) is 23.9 Å². The van der Waals surface area contributed by atoms with Crippen molar-refractivity contribution in [1.29, 1.82) is 0 Å². The molecule has 0 aliphatic rings. The number of halogens is 2. The first-order valence-corrected chi connectivity index (χ1v) is 17.6. The SMILES string of the molecule is CC.CCNC.COc1cccc(-c2c(C)n(Cc3c(F)cccc3S(C)=O)c(=O)n(C[C@H](CCN(C)C)c3ccccc3)c2=O)c1F. The second-order valence-electron chi connectivity index (χ2n) is 11.1. The Morgan fingerprint density at radius 3 is 2.15 bits per heavy atom. The fourth-order valence-electron chi connectivity index (χ4n) is 5.16. The quantitative estimate of drug-likeness (QED) is 0.196. The van der Waals surface area contributed by atoms with E-state index in [9.17, 15) is 13.8 Å². The lowest BCUT2D eigenvalue weighted by molar-refractivity contribution is 0.363. The summed E-state index contributed by atoms with van der Waals surface area (Å²) in [6, 6.07) is 18.3. The van der Waals surface area contributed by atoms with Gasteiger partial charge in [-0.1, -0.05) is 69.3 Å². The summed E-state index contributed by atoms with van der Waals surface area (Å²) in [7, 11) is 5.60. The van der Waals surface area contributed by atoms with E-state index in [0.717, 1.165) is 16.7 Å². The molecule has 0 saturated heterocycles. The molecule has 2 atom stereocenters. The largest absolute Gasteiger partial charge is 0.494 e. The number of methoxy groups -OCH3 is 1. The molecule has 3 aromatic carbocycles. The number of rotatable bonds is 12. The zero-order valence-corrected chi connectivity index (χ0v) is 30.4. The zero-order chi connectivity index (χ0) is 36.0. The van der Waals surface area contributed by atoms with Crippen LogP contribution in [0.5, 0.6) is 5.75 Å². The number of benzene rings is 3. The Morgan fingerprint density at radius 2 is 1.58 bits per heavy atom. The van der Waals surface area contributed by atoms with Gasteiger partial charge < -0.3 is 15.0 Å². The second kappa shape index (κ2) is 19.8. The van der Waals surface area contributed by atoms with Crippen LogP contribution in [0.2, 0.25) is 0 Å². The highest BCUT2D eigenvalue weighted by atomic mass is 32.2. The van der Waals surface area contributed by atoms with Gasteiger partial charge in [-0.25, -0.2) is 13.6 Å². The normalized spacial score (nSPS) is 12.0. The van der Waals surface area contributed by atoms with Crippen LogP contribution in [0.15, 0.2) is 81.2 Å². The van der Waals surface area contributed by atoms with Gasteiger partial charge in [0.2, 0.25) is 0 Å². The standard InChI is InChI=1S/C32H35F2N3O4S.C3H9N.C2H6/c1-21-29(24-13-9-15-27(41-4)30(24)34)31(38)37(19-23(17-18-35(2)3)22-11-7-6-8-12-22)32(39)36(21)20-25-26(33)14-10-16-28(25)42(5)40;1-3-4-2;1-2/h6-16,23H,17-20H2,1-5H3;4H,3H2,1-2H3;1-2H3/t23-,42?;;/m0../s1. The molecule has 0 aliphatic heterocycles. The molecule has 0 bridgehead atoms. The topological polar surface area (TPSA) is 85.6 Å². The Labute approximate surface area is 285 Å². The highest BCUT2D eigenvalue weighted by Gasteiger charge is 2.25. The summed E-state index contributed by atoms with van der Waals surface area (Å²) < 4.78 is 50.7. The van der Waals surface area contributed by atoms with E-state index in [0.29, 0.717) is 13.0 Å². The van der Waals surface area contributed by atoms with Crippen molar-refractivity contribution in [2.45, 2.75) is 58.0 Å². The van der Waals surface area contributed by atoms with Crippen molar-refractivity contribution in [1.82, 2.24) is 19.4 Å². The molecule has 48 heavy (non-hydrogen) atoms. The van der Waals surface area contributed by atoms with Crippen molar-refractivity contribution in [2.24, 2.45) is 0 Å². The van der Waals surface area contributed by atoms with Crippen molar-refractivity contribution < 1.29 is 17.7 Å². The number of hydrogen-bond donors (Lipinski definition) is 1. The van der Waals surface area contributed by atoms with Gasteiger partial charge in [0.05, 0.1) is 30.0 Å². The van der Waals surface area contributed by atoms with E-state index in [1.165, 1.54) is 49.1 Å². The van der Waals surface area contributed by atoms with Crippen LogP contribution in [-0.4, -0.2) is 65.8 Å². The Hall–Kier alpha value is -3.93. The average Bonchev–Trinajstić information content (AvgIpc) is 3.08. The predicted molar refractivity (Wildman–Crippen MR) is 193 cm³/mol. The van der Waals surface area contributed by atoms with Gasteiger partial charge in [0.1, 0.15) is 5.82 Å². The minimum Gasteiger partial charge on any atom is -0.494 e. The molecular weight excluding hydrogens is 634 g/mol. The van der Waals surface area contributed by atoms with E-state index in [-0.39, 0.29) is 52.0 Å². The van der Waals surface area contributed by atoms with Crippen molar-refractivity contribution in [3.63, 3.8) is 0 Å². The molecule has 1 aromatic heterocycles. The number of hydrogen-bond acceptors (Lipinski definition) is 6. The van der Waals surface area contributed by atoms with Crippen molar-refractivity contribution in [3.05, 3.63) is 116 Å². The lowest BCUT2D eigenvalue weighted by Gasteiger charge is -2.23. The Bertz CT molecular complexity index is 1760. The van der Waals surface area contributed by atoms with E-state index in [1.807, 2.05) is 70.2 Å². The molecule has 1 N–H and O–H groups in total. The third kappa shape index (κ3) is 10.0. The van der Waals surface area contributed by atoms with Gasteiger partial charge in [-0.2, -0.15) is 0 Å². The molecule has 0 spiro atoms. The molecule has 4 rings (SSSR count). The van der Waals surface area contributed by atoms with Crippen LogP contribution in [0, 0.1) is 18.6 Å². The third-order valence-electron chi connectivity index (χ3n) is 7.79. The minimum atomic E-state index is -1.54. The summed E-state index contributed by atoms with van der Waals surface area (Å²) in [6.45, 7) is 9.11. The van der Waals surface area contributed by atoms with Crippen LogP contribution in [0.1, 0.15) is 49.9 Å². The van der Waals surface area contributed by atoms with Crippen LogP contribution in [0.3, 0.4) is 0 Å². The first kappa shape index (κ1) is 40.2. The molecule has 1 unspecified atom stereocenters. The molecule has 4 aromatic rings. The first-order chi connectivity index (χ1) is 23.0. The minimum absolute atomic E-state index is 0.0260. The third-order valence-corrected chi connectivity index (χ3v) is 8.80. The molecule has 0 aliphatic carbocycles. The van der Waals surface area contributed by atoms with Crippen LogP contribution in [0.25, 0.3) is 11.1 Å². The van der Waals surface area contributed by atoms with Crippen LogP contribution >= 0.6 is 0 Å². The summed E-state index contributed by atoms with van der Waals surface area (Å²) in [5.74, 6) is -1.65. The van der Waals surface area contributed by atoms with Gasteiger partial charge >= 0.3 is 5.69 Å². The fraction of sp³-hybridized carbons (Fsp3) is 0.405. The first-order valence-electron chi connectivity index (χ1n) is 16.1. The summed E-state index contributed by atoms with van der Waals surface area (Å²) in [4.78, 5) is 30.5. The smallest absolute Gasteiger partial charge is 0.331 e. The summed E-state index contributed by atoms with van der Waals surface area (Å²) in [6.07, 6.45) is 2.08. The number of aromatic nitrogens is 2. The highest BCUT2D eigenvalue weighted by Crippen LogP contribution is 2.30. The van der Waals surface area contributed by atoms with Crippen molar-refractivity contribution in [2.75, 3.05) is 47.6 Å². The summed E-state index contributed by atoms with van der Waals surface area (Å²) in [5, 5.41) is 2.93. The maximum absolute atomic E-state index is 15.6. The highest BCUT2D eigenvalue weighted by molar-refractivity contribution is 7.84. The molecule has 8 nitrogen and oxygen atoms in total. The number of nitrogens with zero attached hydrogens (tertiary/aromatic N) is 3. The molecule has 1 heterocycles. The fourth-order valence-corrected chi connectivity index (χ4v) is 5.94. The van der Waals surface area contributed by atoms with Gasteiger partial charge in [0, 0.05) is 40.4 Å². The van der Waals surface area contributed by atoms with Crippen LogP contribution < -0.4 is 21.3 Å². The van der Waals surface area contributed by atoms with Gasteiger partial charge in [-0.15, -0.1) is 0 Å². The molecule has 0 amide bonds. The summed E-state index contributed by atoms with van der Waals surface area (Å²) in [5.41, 5.74) is -0.194. The van der Waals surface area contributed by atoms with E-state index in [4.69, 9.17) is 4.74 Å². The van der Waals surface area contributed by atoms with E-state index >= 15 is 8.78 Å². The van der Waals surface area contributed by atoms with E-state index in [2.05, 4.69) is 12.2 Å². The van der Waals surface area contributed by atoms with Gasteiger partial charge in [-0.05, 0) is 71.3 Å². The van der Waals surface area contributed by atoms with Crippen molar-refractivity contribution >= 4 is 10.8 Å². The molecule has 0 radical (unpaired) electrons. The van der Waals surface area contributed by atoms with Crippen molar-refractivity contribution in [3.8, 4) is 16.9 Å². The lowest BCUT2D eigenvalue weighted by atomic mass is 9.95. The summed E-state index contributed by atoms with van der Waals surface area (Å²) >= 11 is 0. The molecule has 0 fully saturated rings. The molecule has 11 heteroatoms.